The molecule has 2 amide bonds. The number of rotatable bonds is 3. The number of halogens is 3. The SMILES string of the molecule is Nc1ncc(-c2ccc3nc(NC(=O)N4CCCC4CO)cn3c2)cc1C(F)(F)F. The number of likely N-dealkylation sites (tertiary alicyclic amines) is 1. The molecule has 8 nitrogen and oxygen atoms in total. The van der Waals surface area contributed by atoms with Crippen LogP contribution in [0.25, 0.3) is 16.8 Å². The number of fused-ring (bicyclic) bond motifs is 1. The zero-order chi connectivity index (χ0) is 21.5. The Hall–Kier alpha value is -3.34. The first-order chi connectivity index (χ1) is 14.3. The van der Waals surface area contributed by atoms with Gasteiger partial charge in [-0.3, -0.25) is 5.32 Å². The van der Waals surface area contributed by atoms with Gasteiger partial charge in [0.15, 0.2) is 5.82 Å². The molecule has 158 valence electrons. The molecule has 3 aromatic heterocycles. The zero-order valence-electron chi connectivity index (χ0n) is 15.7. The fourth-order valence-electron chi connectivity index (χ4n) is 3.56. The number of aliphatic hydroxyl groups excluding tert-OH is 1. The maximum atomic E-state index is 13.1. The molecule has 30 heavy (non-hydrogen) atoms. The summed E-state index contributed by atoms with van der Waals surface area (Å²) in [4.78, 5) is 22.0. The molecule has 1 unspecified atom stereocenters. The first-order valence-corrected chi connectivity index (χ1v) is 9.26. The van der Waals surface area contributed by atoms with Crippen molar-refractivity contribution in [1.82, 2.24) is 19.3 Å². The number of nitrogens with one attached hydrogen (secondary N) is 1. The molecule has 0 aromatic carbocycles. The first-order valence-electron chi connectivity index (χ1n) is 9.26. The lowest BCUT2D eigenvalue weighted by Gasteiger charge is -2.22. The molecule has 0 bridgehead atoms. The Bertz CT molecular complexity index is 1100. The number of alkyl halides is 3. The van der Waals surface area contributed by atoms with Crippen LogP contribution in [-0.2, 0) is 6.18 Å². The average molecular weight is 420 g/mol. The highest BCUT2D eigenvalue weighted by Crippen LogP contribution is 2.35. The monoisotopic (exact) mass is 420 g/mol. The molecule has 1 fully saturated rings. The maximum Gasteiger partial charge on any atom is 0.419 e. The van der Waals surface area contributed by atoms with Gasteiger partial charge >= 0.3 is 12.2 Å². The molecular weight excluding hydrogens is 401 g/mol. The van der Waals surface area contributed by atoms with Crippen molar-refractivity contribution in [2.75, 3.05) is 24.2 Å². The van der Waals surface area contributed by atoms with Crippen molar-refractivity contribution in [2.24, 2.45) is 0 Å². The van der Waals surface area contributed by atoms with E-state index < -0.39 is 17.6 Å². The van der Waals surface area contributed by atoms with Gasteiger partial charge in [-0.15, -0.1) is 0 Å². The van der Waals surface area contributed by atoms with Crippen LogP contribution in [0, 0.1) is 0 Å². The highest BCUT2D eigenvalue weighted by Gasteiger charge is 2.34. The predicted molar refractivity (Wildman–Crippen MR) is 104 cm³/mol. The molecule has 3 aromatic rings. The Kier molecular flexibility index (Phi) is 4.98. The summed E-state index contributed by atoms with van der Waals surface area (Å²) in [6.45, 7) is 0.456. The number of aliphatic hydroxyl groups is 1. The lowest BCUT2D eigenvalue weighted by atomic mass is 10.1. The van der Waals surface area contributed by atoms with Crippen molar-refractivity contribution < 1.29 is 23.1 Å². The number of carbonyl (C=O) groups excluding carboxylic acids is 1. The van der Waals surface area contributed by atoms with Crippen LogP contribution in [0.1, 0.15) is 18.4 Å². The highest BCUT2D eigenvalue weighted by atomic mass is 19.4. The van der Waals surface area contributed by atoms with Crippen molar-refractivity contribution in [3.63, 3.8) is 0 Å². The van der Waals surface area contributed by atoms with Gasteiger partial charge in [-0.25, -0.2) is 14.8 Å². The highest BCUT2D eigenvalue weighted by molar-refractivity contribution is 5.89. The molecule has 4 rings (SSSR count). The van der Waals surface area contributed by atoms with Crippen LogP contribution in [-0.4, -0.2) is 49.6 Å². The summed E-state index contributed by atoms with van der Waals surface area (Å²) in [5.74, 6) is -0.282. The van der Waals surface area contributed by atoms with Crippen molar-refractivity contribution in [3.05, 3.63) is 42.4 Å². The standard InChI is InChI=1S/C19H19F3N6O2/c20-19(21,22)14-6-12(7-24-17(14)23)11-3-4-16-25-15(9-27(16)8-11)26-18(30)28-5-1-2-13(28)10-29/h3-4,6-9,13,29H,1-2,5,10H2,(H2,23,24)(H,26,30). The van der Waals surface area contributed by atoms with Gasteiger partial charge in [0, 0.05) is 30.1 Å². The molecule has 1 saturated heterocycles. The number of pyridine rings is 2. The van der Waals surface area contributed by atoms with Crippen LogP contribution >= 0.6 is 0 Å². The second-order valence-electron chi connectivity index (χ2n) is 7.07. The Labute approximate surface area is 169 Å². The van der Waals surface area contributed by atoms with Crippen molar-refractivity contribution >= 4 is 23.3 Å². The van der Waals surface area contributed by atoms with Crippen LogP contribution in [0.3, 0.4) is 0 Å². The molecule has 0 saturated carbocycles. The van der Waals surface area contributed by atoms with Crippen molar-refractivity contribution in [1.29, 1.82) is 0 Å². The molecule has 4 N–H and O–H groups in total. The Balaban J connectivity index is 1.60. The quantitative estimate of drug-likeness (QED) is 0.604. The minimum absolute atomic E-state index is 0.0997. The van der Waals surface area contributed by atoms with Gasteiger partial charge in [0.05, 0.1) is 24.4 Å². The molecule has 1 aliphatic rings. The van der Waals surface area contributed by atoms with Gasteiger partial charge in [-0.2, -0.15) is 13.2 Å². The molecule has 0 spiro atoms. The Morgan fingerprint density at radius 3 is 2.83 bits per heavy atom. The number of carbonyl (C=O) groups is 1. The number of urea groups is 1. The first kappa shape index (κ1) is 20.0. The van der Waals surface area contributed by atoms with E-state index in [-0.39, 0.29) is 24.2 Å². The summed E-state index contributed by atoms with van der Waals surface area (Å²) in [6, 6.07) is 3.62. The van der Waals surface area contributed by atoms with E-state index in [0.29, 0.717) is 23.6 Å². The fraction of sp³-hybridized carbons (Fsp3) is 0.316. The maximum absolute atomic E-state index is 13.1. The number of hydrogen-bond donors (Lipinski definition) is 3. The molecular formula is C19H19F3N6O2. The topological polar surface area (TPSA) is 109 Å². The Morgan fingerprint density at radius 2 is 2.10 bits per heavy atom. The molecule has 1 aliphatic heterocycles. The number of nitrogens with two attached hydrogens (primary N) is 1. The second-order valence-corrected chi connectivity index (χ2v) is 7.07. The fourth-order valence-corrected chi connectivity index (χ4v) is 3.56. The van der Waals surface area contributed by atoms with Gasteiger partial charge in [0.25, 0.3) is 0 Å². The largest absolute Gasteiger partial charge is 0.419 e. The number of imidazole rings is 1. The van der Waals surface area contributed by atoms with E-state index in [1.54, 1.807) is 33.8 Å². The van der Waals surface area contributed by atoms with Crippen LogP contribution in [0.5, 0.6) is 0 Å². The summed E-state index contributed by atoms with van der Waals surface area (Å²) < 4.78 is 40.9. The Morgan fingerprint density at radius 1 is 1.30 bits per heavy atom. The number of aromatic nitrogens is 3. The van der Waals surface area contributed by atoms with E-state index in [9.17, 15) is 23.1 Å². The van der Waals surface area contributed by atoms with E-state index in [1.165, 1.54) is 6.20 Å². The summed E-state index contributed by atoms with van der Waals surface area (Å²) in [5.41, 5.74) is 5.60. The summed E-state index contributed by atoms with van der Waals surface area (Å²) in [6.07, 6.45) is 1.39. The van der Waals surface area contributed by atoms with E-state index >= 15 is 0 Å². The average Bonchev–Trinajstić information content (AvgIpc) is 3.32. The van der Waals surface area contributed by atoms with Gasteiger partial charge in [0.1, 0.15) is 11.5 Å². The number of nitrogens with zero attached hydrogens (tertiary/aromatic N) is 4. The molecule has 0 radical (unpaired) electrons. The predicted octanol–water partition coefficient (Wildman–Crippen LogP) is 2.99. The van der Waals surface area contributed by atoms with Crippen molar-refractivity contribution in [2.45, 2.75) is 25.1 Å². The van der Waals surface area contributed by atoms with Gasteiger partial charge in [0.2, 0.25) is 0 Å². The van der Waals surface area contributed by atoms with Crippen LogP contribution in [0.4, 0.5) is 29.6 Å². The lowest BCUT2D eigenvalue weighted by Crippen LogP contribution is -2.40. The number of anilines is 2. The van der Waals surface area contributed by atoms with Crippen LogP contribution in [0.15, 0.2) is 36.8 Å². The summed E-state index contributed by atoms with van der Waals surface area (Å²) >= 11 is 0. The molecule has 0 aliphatic carbocycles. The van der Waals surface area contributed by atoms with E-state index in [1.807, 2.05) is 0 Å². The minimum Gasteiger partial charge on any atom is -0.394 e. The lowest BCUT2D eigenvalue weighted by molar-refractivity contribution is -0.137. The minimum atomic E-state index is -4.61. The summed E-state index contributed by atoms with van der Waals surface area (Å²) in [7, 11) is 0. The third-order valence-corrected chi connectivity index (χ3v) is 5.09. The molecule has 11 heteroatoms. The van der Waals surface area contributed by atoms with E-state index in [2.05, 4.69) is 15.3 Å². The normalized spacial score (nSPS) is 16.9. The molecule has 1 atom stereocenters. The number of amides is 2. The van der Waals surface area contributed by atoms with Crippen molar-refractivity contribution in [3.8, 4) is 11.1 Å². The van der Waals surface area contributed by atoms with Gasteiger partial charge < -0.3 is 20.1 Å². The van der Waals surface area contributed by atoms with Gasteiger partial charge in [-0.05, 0) is 31.0 Å². The zero-order valence-corrected chi connectivity index (χ0v) is 15.7. The van der Waals surface area contributed by atoms with Crippen LogP contribution in [0.2, 0.25) is 0 Å². The molecule has 4 heterocycles. The van der Waals surface area contributed by atoms with Crippen LogP contribution < -0.4 is 11.1 Å². The second kappa shape index (κ2) is 7.48. The third-order valence-electron chi connectivity index (χ3n) is 5.09. The number of hydrogen-bond acceptors (Lipinski definition) is 5. The third kappa shape index (κ3) is 3.75. The van der Waals surface area contributed by atoms with E-state index in [0.717, 1.165) is 18.9 Å². The number of nitrogen functional groups attached to an aromatic ring is 1. The van der Waals surface area contributed by atoms with Gasteiger partial charge in [-0.1, -0.05) is 0 Å². The van der Waals surface area contributed by atoms with E-state index in [4.69, 9.17) is 5.73 Å². The summed E-state index contributed by atoms with van der Waals surface area (Å²) in [5, 5.41) is 12.1. The smallest absolute Gasteiger partial charge is 0.394 e.